The van der Waals surface area contributed by atoms with Crippen LogP contribution in [0, 0.1) is 0 Å². The number of hydrogen-bond donors (Lipinski definition) is 2. The number of nitrogens with zero attached hydrogens (tertiary/aromatic N) is 3. The molecular weight excluding hydrogens is 549 g/mol. The van der Waals surface area contributed by atoms with Crippen molar-refractivity contribution in [2.75, 3.05) is 18.5 Å². The summed E-state index contributed by atoms with van der Waals surface area (Å²) >= 11 is 0. The summed E-state index contributed by atoms with van der Waals surface area (Å²) in [4.78, 5) is 28.3. The first-order valence-corrected chi connectivity index (χ1v) is 14.4. The van der Waals surface area contributed by atoms with Crippen molar-refractivity contribution in [3.8, 4) is 11.1 Å². The Balaban J connectivity index is 0.000000337. The zero-order valence-electron chi connectivity index (χ0n) is 24.2. The second-order valence-corrected chi connectivity index (χ2v) is 10.4. The van der Waals surface area contributed by atoms with Gasteiger partial charge in [0, 0.05) is 43.7 Å². The summed E-state index contributed by atoms with van der Waals surface area (Å²) in [6, 6.07) is 8.61. The van der Waals surface area contributed by atoms with Gasteiger partial charge in [0.15, 0.2) is 0 Å². The number of hydrogen-bond acceptors (Lipinski definition) is 6. The number of aromatic carboxylic acids is 1. The van der Waals surface area contributed by atoms with Crippen LogP contribution in [0.15, 0.2) is 47.4 Å². The minimum absolute atomic E-state index is 0.196. The third-order valence-corrected chi connectivity index (χ3v) is 7.15. The summed E-state index contributed by atoms with van der Waals surface area (Å²) in [6.07, 6.45) is 11.8. The molecule has 11 heteroatoms. The largest absolute Gasteiger partial charge is 0.478 e. The lowest BCUT2D eigenvalue weighted by atomic mass is 9.96. The normalized spacial score (nSPS) is 13.0. The Morgan fingerprint density at radius 2 is 1.71 bits per heavy atom. The fourth-order valence-corrected chi connectivity index (χ4v) is 4.79. The Bertz CT molecular complexity index is 1310. The minimum Gasteiger partial charge on any atom is -0.478 e. The number of carboxylic acid groups (broad SMARTS) is 1. The van der Waals surface area contributed by atoms with Crippen LogP contribution in [-0.2, 0) is 23.9 Å². The summed E-state index contributed by atoms with van der Waals surface area (Å²) in [5, 5.41) is 14.5. The number of aromatic nitrogens is 2. The quantitative estimate of drug-likeness (QED) is 0.202. The van der Waals surface area contributed by atoms with Crippen LogP contribution in [0.5, 0.6) is 0 Å². The van der Waals surface area contributed by atoms with Crippen molar-refractivity contribution in [3.05, 3.63) is 65.3 Å². The number of unbranched alkanes of at least 4 members (excludes halogenated alkanes) is 7. The summed E-state index contributed by atoms with van der Waals surface area (Å²) in [7, 11) is 1.86. The number of carboxylic acids is 1. The van der Waals surface area contributed by atoms with E-state index in [9.17, 15) is 22.8 Å². The summed E-state index contributed by atoms with van der Waals surface area (Å²) < 4.78 is 39.3. The van der Waals surface area contributed by atoms with Crippen LogP contribution < -0.4 is 10.2 Å². The zero-order chi connectivity index (χ0) is 30.5. The Hall–Kier alpha value is -3.73. The van der Waals surface area contributed by atoms with Gasteiger partial charge in [0.05, 0.1) is 6.20 Å². The molecule has 0 spiro atoms. The van der Waals surface area contributed by atoms with E-state index in [1.54, 1.807) is 4.90 Å². The van der Waals surface area contributed by atoms with E-state index < -0.39 is 23.5 Å². The average molecular weight is 589 g/mol. The first kappa shape index (κ1) is 32.8. The zero-order valence-corrected chi connectivity index (χ0v) is 24.2. The molecule has 3 heterocycles. The van der Waals surface area contributed by atoms with Crippen molar-refractivity contribution in [1.82, 2.24) is 15.5 Å². The van der Waals surface area contributed by atoms with Crippen molar-refractivity contribution >= 4 is 17.6 Å². The Morgan fingerprint density at radius 3 is 2.38 bits per heavy atom. The monoisotopic (exact) mass is 588 g/mol. The standard InChI is InChI=1S/C26H37N3O.C5H2F3NO3/c1-3-4-5-6-7-8-9-10-15-27-18-21-16-24(20-28-19-21)22-11-13-25-23(17-22)12-14-26(30)29(25)2;6-5(7,8)3-2(4(10)11)1-9-12-3/h11,13,16-17,19-20,27H,3-10,12,14-15,18H2,1-2H3;1H,(H,10,11). The lowest BCUT2D eigenvalue weighted by Gasteiger charge is -2.26. The van der Waals surface area contributed by atoms with Gasteiger partial charge < -0.3 is 19.8 Å². The van der Waals surface area contributed by atoms with E-state index in [0.29, 0.717) is 12.6 Å². The lowest BCUT2D eigenvalue weighted by molar-refractivity contribution is -0.156. The number of rotatable bonds is 13. The highest BCUT2D eigenvalue weighted by Crippen LogP contribution is 2.32. The Kier molecular flexibility index (Phi) is 12.5. The predicted molar refractivity (Wildman–Crippen MR) is 154 cm³/mol. The van der Waals surface area contributed by atoms with E-state index in [2.05, 4.69) is 51.2 Å². The maximum absolute atomic E-state index is 11.9. The van der Waals surface area contributed by atoms with Crippen molar-refractivity contribution in [2.45, 2.75) is 83.9 Å². The van der Waals surface area contributed by atoms with Gasteiger partial charge in [0.2, 0.25) is 5.91 Å². The molecule has 42 heavy (non-hydrogen) atoms. The molecule has 0 saturated carbocycles. The molecule has 1 aliphatic rings. The molecule has 1 aromatic carbocycles. The van der Waals surface area contributed by atoms with Gasteiger partial charge in [-0.15, -0.1) is 0 Å². The Labute approximate surface area is 244 Å². The minimum atomic E-state index is -4.82. The van der Waals surface area contributed by atoms with Gasteiger partial charge in [-0.1, -0.05) is 63.1 Å². The highest BCUT2D eigenvalue weighted by molar-refractivity contribution is 5.96. The van der Waals surface area contributed by atoms with Crippen molar-refractivity contribution in [2.24, 2.45) is 0 Å². The molecule has 2 aromatic heterocycles. The fourth-order valence-electron chi connectivity index (χ4n) is 4.79. The molecule has 0 atom stereocenters. The smallest absolute Gasteiger partial charge is 0.453 e. The van der Waals surface area contributed by atoms with Gasteiger partial charge in [-0.3, -0.25) is 9.78 Å². The van der Waals surface area contributed by atoms with E-state index in [-0.39, 0.29) is 5.91 Å². The third kappa shape index (κ3) is 9.68. The van der Waals surface area contributed by atoms with E-state index in [0.717, 1.165) is 30.8 Å². The highest BCUT2D eigenvalue weighted by Gasteiger charge is 2.40. The van der Waals surface area contributed by atoms with E-state index in [1.807, 2.05) is 19.4 Å². The van der Waals surface area contributed by atoms with Gasteiger partial charge in [-0.25, -0.2) is 4.79 Å². The van der Waals surface area contributed by atoms with E-state index in [4.69, 9.17) is 5.11 Å². The highest BCUT2D eigenvalue weighted by atomic mass is 19.4. The molecule has 0 unspecified atom stereocenters. The average Bonchev–Trinajstić information content (AvgIpc) is 3.48. The van der Waals surface area contributed by atoms with Gasteiger partial charge in [-0.05, 0) is 54.3 Å². The van der Waals surface area contributed by atoms with Crippen LogP contribution in [0.1, 0.15) is 92.0 Å². The SMILES string of the molecule is CCCCCCCCCCNCc1cncc(-c2ccc3c(c2)CCC(=O)N3C)c1.O=C(O)c1cnoc1C(F)(F)F. The molecule has 8 nitrogen and oxygen atoms in total. The van der Waals surface area contributed by atoms with Gasteiger partial charge >= 0.3 is 12.1 Å². The van der Waals surface area contributed by atoms with Crippen LogP contribution in [0.4, 0.5) is 18.9 Å². The third-order valence-electron chi connectivity index (χ3n) is 7.15. The number of benzene rings is 1. The van der Waals surface area contributed by atoms with Crippen LogP contribution in [-0.4, -0.2) is 40.7 Å². The molecule has 4 rings (SSSR count). The number of alkyl halides is 3. The molecule has 0 radical (unpaired) electrons. The number of aryl methyl sites for hydroxylation is 1. The number of nitrogens with one attached hydrogen (secondary N) is 1. The van der Waals surface area contributed by atoms with Crippen LogP contribution >= 0.6 is 0 Å². The second kappa shape index (κ2) is 16.1. The number of pyridine rings is 1. The van der Waals surface area contributed by atoms with E-state index >= 15 is 0 Å². The van der Waals surface area contributed by atoms with Crippen LogP contribution in [0.2, 0.25) is 0 Å². The maximum atomic E-state index is 11.9. The summed E-state index contributed by atoms with van der Waals surface area (Å²) in [5.74, 6) is -3.11. The Morgan fingerprint density at radius 1 is 1.00 bits per heavy atom. The molecule has 0 saturated heterocycles. The number of carbonyl (C=O) groups is 2. The molecule has 2 N–H and O–H groups in total. The molecule has 1 aliphatic heterocycles. The van der Waals surface area contributed by atoms with Gasteiger partial charge in [0.1, 0.15) is 5.56 Å². The van der Waals surface area contributed by atoms with Crippen LogP contribution in [0.25, 0.3) is 11.1 Å². The molecule has 0 bridgehead atoms. The van der Waals surface area contributed by atoms with E-state index in [1.165, 1.54) is 68.1 Å². The fraction of sp³-hybridized carbons (Fsp3) is 0.484. The summed E-state index contributed by atoms with van der Waals surface area (Å²) in [6.45, 7) is 4.20. The van der Waals surface area contributed by atoms with Gasteiger partial charge in [-0.2, -0.15) is 13.2 Å². The lowest BCUT2D eigenvalue weighted by Crippen LogP contribution is -2.30. The number of fused-ring (bicyclic) bond motifs is 1. The van der Waals surface area contributed by atoms with Crippen molar-refractivity contribution < 1.29 is 32.4 Å². The first-order chi connectivity index (χ1) is 20.1. The number of amides is 1. The number of carbonyl (C=O) groups excluding carboxylic acids is 1. The number of halogens is 3. The summed E-state index contributed by atoms with van der Waals surface area (Å²) in [5.41, 5.74) is 4.83. The second-order valence-electron chi connectivity index (χ2n) is 10.4. The van der Waals surface area contributed by atoms with Crippen molar-refractivity contribution in [1.29, 1.82) is 0 Å². The predicted octanol–water partition coefficient (Wildman–Crippen LogP) is 7.28. The van der Waals surface area contributed by atoms with Crippen LogP contribution in [0.3, 0.4) is 0 Å². The first-order valence-electron chi connectivity index (χ1n) is 14.4. The molecule has 0 fully saturated rings. The molecular formula is C31H39F3N4O4. The molecule has 228 valence electrons. The molecule has 1 amide bonds. The van der Waals surface area contributed by atoms with Gasteiger partial charge in [0.25, 0.3) is 5.76 Å². The maximum Gasteiger partial charge on any atom is 0.453 e. The van der Waals surface area contributed by atoms with Crippen molar-refractivity contribution in [3.63, 3.8) is 0 Å². The molecule has 0 aliphatic carbocycles. The molecule has 3 aromatic rings. The topological polar surface area (TPSA) is 109 Å². The number of anilines is 1.